The zero-order valence-corrected chi connectivity index (χ0v) is 20.1. The van der Waals surface area contributed by atoms with Gasteiger partial charge in [0, 0.05) is 17.7 Å². The molecule has 5 nitrogen and oxygen atoms in total. The van der Waals surface area contributed by atoms with E-state index in [-0.39, 0.29) is 34.5 Å². The zero-order valence-electron chi connectivity index (χ0n) is 19.3. The third-order valence-corrected chi connectivity index (χ3v) is 9.91. The van der Waals surface area contributed by atoms with E-state index in [2.05, 4.69) is 32.9 Å². The topological polar surface area (TPSA) is 53.0 Å². The molecule has 0 spiro atoms. The van der Waals surface area contributed by atoms with Gasteiger partial charge < -0.3 is 0 Å². The number of nitrogens with zero attached hydrogens (tertiary/aromatic N) is 3. The van der Waals surface area contributed by atoms with Crippen LogP contribution in [0, 0.1) is 28.6 Å². The molecule has 2 saturated carbocycles. The van der Waals surface area contributed by atoms with E-state index in [1.807, 2.05) is 5.01 Å². The van der Waals surface area contributed by atoms with Gasteiger partial charge in [0.1, 0.15) is 0 Å². The second-order valence-corrected chi connectivity index (χ2v) is 12.0. The Morgan fingerprint density at radius 3 is 2.42 bits per heavy atom. The van der Waals surface area contributed by atoms with Crippen molar-refractivity contribution < 1.29 is 9.59 Å². The Hall–Kier alpha value is -1.30. The van der Waals surface area contributed by atoms with Crippen LogP contribution >= 0.6 is 11.8 Å². The number of hydrazine groups is 1. The van der Waals surface area contributed by atoms with Gasteiger partial charge in [-0.1, -0.05) is 63.9 Å². The maximum absolute atomic E-state index is 14.0. The highest BCUT2D eigenvalue weighted by Crippen LogP contribution is 2.64. The summed E-state index contributed by atoms with van der Waals surface area (Å²) < 4.78 is 0. The highest BCUT2D eigenvalue weighted by Gasteiger charge is 2.68. The molecule has 2 aliphatic heterocycles. The van der Waals surface area contributed by atoms with Gasteiger partial charge in [-0.2, -0.15) is 5.01 Å². The standard InChI is InChI=1S/C25H37N3O2S/c1-17(2)25-13-11-24(3,12-14-25)19-20(25)22(30)28(21(19)29)27-15-7-8-16-31-23(27)26-18-9-5-4-6-10-18/h11,13,17-20H,4-10,12,14-16H2,1-3H3/t19-,20+,24-,25+/m1/s1. The summed E-state index contributed by atoms with van der Waals surface area (Å²) in [6.07, 6.45) is 14.7. The number of imide groups is 1. The molecule has 6 heteroatoms. The van der Waals surface area contributed by atoms with Crippen molar-refractivity contribution in [2.24, 2.45) is 33.6 Å². The molecule has 0 aromatic carbocycles. The Bertz CT molecular complexity index is 818. The molecule has 2 heterocycles. The van der Waals surface area contributed by atoms with E-state index in [0.717, 1.165) is 49.4 Å². The third kappa shape index (κ3) is 3.30. The van der Waals surface area contributed by atoms with Crippen molar-refractivity contribution in [2.45, 2.75) is 84.6 Å². The van der Waals surface area contributed by atoms with Gasteiger partial charge in [0.15, 0.2) is 5.17 Å². The van der Waals surface area contributed by atoms with Gasteiger partial charge in [-0.25, -0.2) is 0 Å². The summed E-state index contributed by atoms with van der Waals surface area (Å²) >= 11 is 1.75. The van der Waals surface area contributed by atoms with Crippen molar-refractivity contribution in [1.29, 1.82) is 0 Å². The monoisotopic (exact) mass is 443 g/mol. The molecule has 6 rings (SSSR count). The van der Waals surface area contributed by atoms with Crippen LogP contribution in [0.15, 0.2) is 17.1 Å². The predicted molar refractivity (Wildman–Crippen MR) is 125 cm³/mol. The summed E-state index contributed by atoms with van der Waals surface area (Å²) in [4.78, 5) is 33.1. The molecule has 0 N–H and O–H groups in total. The Labute approximate surface area is 191 Å². The second kappa shape index (κ2) is 7.93. The molecule has 2 bridgehead atoms. The van der Waals surface area contributed by atoms with Gasteiger partial charge in [0.05, 0.1) is 17.9 Å². The number of allylic oxidation sites excluding steroid dienone is 2. The van der Waals surface area contributed by atoms with Crippen LogP contribution in [0.3, 0.4) is 0 Å². The molecule has 2 saturated heterocycles. The van der Waals surface area contributed by atoms with Gasteiger partial charge in [-0.15, -0.1) is 0 Å². The molecule has 0 aromatic heterocycles. The Morgan fingerprint density at radius 2 is 1.74 bits per heavy atom. The molecular formula is C25H37N3O2S. The normalized spacial score (nSPS) is 40.2. The van der Waals surface area contributed by atoms with Crippen LogP contribution in [0.1, 0.15) is 78.6 Å². The number of hydrogen-bond donors (Lipinski definition) is 0. The zero-order chi connectivity index (χ0) is 21.8. The third-order valence-electron chi connectivity index (χ3n) is 8.84. The van der Waals surface area contributed by atoms with E-state index >= 15 is 0 Å². The van der Waals surface area contributed by atoms with Gasteiger partial charge in [0.2, 0.25) is 0 Å². The molecule has 6 aliphatic rings. The fourth-order valence-electron chi connectivity index (χ4n) is 6.81. The molecule has 0 aromatic rings. The fourth-order valence-corrected chi connectivity index (χ4v) is 7.88. The Kier molecular flexibility index (Phi) is 5.51. The summed E-state index contributed by atoms with van der Waals surface area (Å²) in [5.41, 5.74) is -0.397. The molecule has 0 radical (unpaired) electrons. The number of aliphatic imine (C=N–C) groups is 1. The molecule has 4 fully saturated rings. The largest absolute Gasteiger partial charge is 0.272 e. The van der Waals surface area contributed by atoms with Crippen LogP contribution in [-0.4, -0.2) is 45.3 Å². The minimum absolute atomic E-state index is 0.0189. The van der Waals surface area contributed by atoms with Crippen molar-refractivity contribution in [3.05, 3.63) is 12.2 Å². The number of amidine groups is 1. The first-order valence-electron chi connectivity index (χ1n) is 12.4. The summed E-state index contributed by atoms with van der Waals surface area (Å²) in [6, 6.07) is 0.337. The van der Waals surface area contributed by atoms with Crippen LogP contribution in [-0.2, 0) is 9.59 Å². The summed E-state index contributed by atoms with van der Waals surface area (Å²) in [5, 5.41) is 4.46. The number of carbonyl (C=O) groups is 2. The van der Waals surface area contributed by atoms with E-state index in [1.54, 1.807) is 16.8 Å². The maximum atomic E-state index is 14.0. The van der Waals surface area contributed by atoms with E-state index in [4.69, 9.17) is 4.99 Å². The molecule has 31 heavy (non-hydrogen) atoms. The van der Waals surface area contributed by atoms with Crippen LogP contribution in [0.4, 0.5) is 0 Å². The van der Waals surface area contributed by atoms with Crippen molar-refractivity contribution in [2.75, 3.05) is 12.3 Å². The van der Waals surface area contributed by atoms with E-state index < -0.39 is 0 Å². The number of amides is 2. The van der Waals surface area contributed by atoms with Crippen molar-refractivity contribution >= 4 is 28.7 Å². The Morgan fingerprint density at radius 1 is 1.00 bits per heavy atom. The first kappa shape index (κ1) is 21.5. The lowest BCUT2D eigenvalue weighted by Crippen LogP contribution is -2.53. The highest BCUT2D eigenvalue weighted by molar-refractivity contribution is 8.13. The van der Waals surface area contributed by atoms with E-state index in [9.17, 15) is 9.59 Å². The number of hydrogen-bond acceptors (Lipinski definition) is 4. The first-order valence-corrected chi connectivity index (χ1v) is 13.4. The average Bonchev–Trinajstić information content (AvgIpc) is 2.90. The van der Waals surface area contributed by atoms with E-state index in [1.165, 1.54) is 19.3 Å². The minimum Gasteiger partial charge on any atom is -0.272 e. The quantitative estimate of drug-likeness (QED) is 0.453. The van der Waals surface area contributed by atoms with Crippen LogP contribution in [0.5, 0.6) is 0 Å². The SMILES string of the molecule is CC(C)[C@]12C=C[C@](C)(CC1)[C@H]1C(=O)N(N3CCCCSC3=NC3CCCCC3)C(=O)[C@H]12. The van der Waals surface area contributed by atoms with Crippen LogP contribution in [0.2, 0.25) is 0 Å². The number of fused-ring (bicyclic) bond motifs is 1. The number of rotatable bonds is 3. The lowest BCUT2D eigenvalue weighted by Gasteiger charge is -2.55. The average molecular weight is 444 g/mol. The summed E-state index contributed by atoms with van der Waals surface area (Å²) in [6.45, 7) is 7.34. The second-order valence-electron chi connectivity index (χ2n) is 10.9. The first-order chi connectivity index (χ1) is 14.9. The van der Waals surface area contributed by atoms with Crippen molar-refractivity contribution in [3.63, 3.8) is 0 Å². The van der Waals surface area contributed by atoms with E-state index in [0.29, 0.717) is 18.5 Å². The minimum atomic E-state index is -0.231. The lowest BCUT2D eigenvalue weighted by atomic mass is 9.46. The molecule has 0 unspecified atom stereocenters. The van der Waals surface area contributed by atoms with Gasteiger partial charge in [-0.05, 0) is 49.9 Å². The van der Waals surface area contributed by atoms with Gasteiger partial charge >= 0.3 is 0 Å². The lowest BCUT2D eigenvalue weighted by molar-refractivity contribution is -0.153. The van der Waals surface area contributed by atoms with Crippen LogP contribution < -0.4 is 0 Å². The van der Waals surface area contributed by atoms with Crippen molar-refractivity contribution in [1.82, 2.24) is 10.0 Å². The predicted octanol–water partition coefficient (Wildman–Crippen LogP) is 5.03. The summed E-state index contributed by atoms with van der Waals surface area (Å²) in [5.74, 6) is 0.938. The fraction of sp³-hybridized carbons (Fsp3) is 0.800. The molecule has 4 atom stereocenters. The molecular weight excluding hydrogens is 406 g/mol. The molecule has 4 aliphatic carbocycles. The van der Waals surface area contributed by atoms with Crippen molar-refractivity contribution in [3.8, 4) is 0 Å². The smallest absolute Gasteiger partial charge is 0.253 e. The number of thioether (sulfide) groups is 1. The van der Waals surface area contributed by atoms with Crippen LogP contribution in [0.25, 0.3) is 0 Å². The van der Waals surface area contributed by atoms with Gasteiger partial charge in [-0.3, -0.25) is 19.6 Å². The number of carbonyl (C=O) groups excluding carboxylic acids is 2. The summed E-state index contributed by atoms with van der Waals surface area (Å²) in [7, 11) is 0. The highest BCUT2D eigenvalue weighted by atomic mass is 32.2. The Balaban J connectivity index is 1.52. The maximum Gasteiger partial charge on any atom is 0.253 e. The molecule has 170 valence electrons. The van der Waals surface area contributed by atoms with Gasteiger partial charge in [0.25, 0.3) is 11.8 Å². The molecule has 2 amide bonds.